The topological polar surface area (TPSA) is 97.9 Å². The summed E-state index contributed by atoms with van der Waals surface area (Å²) < 4.78 is 6.87. The van der Waals surface area contributed by atoms with E-state index in [-0.39, 0.29) is 12.6 Å². The molecule has 8 nitrogen and oxygen atoms in total. The van der Waals surface area contributed by atoms with Crippen molar-refractivity contribution in [2.75, 3.05) is 5.32 Å². The normalized spacial score (nSPS) is 10.8. The molecule has 4 aromatic rings. The second-order valence-electron chi connectivity index (χ2n) is 5.70. The number of aromatic nitrogens is 4. The van der Waals surface area contributed by atoms with E-state index in [1.54, 1.807) is 17.1 Å². The van der Waals surface area contributed by atoms with Crippen molar-refractivity contribution in [3.05, 3.63) is 60.9 Å². The maximum atomic E-state index is 11.9. The first-order valence-corrected chi connectivity index (χ1v) is 8.01. The summed E-state index contributed by atoms with van der Waals surface area (Å²) in [4.78, 5) is 20.1. The zero-order valence-electron chi connectivity index (χ0n) is 14.0. The van der Waals surface area contributed by atoms with Gasteiger partial charge in [-0.25, -0.2) is 9.78 Å². The number of benzene rings is 1. The largest absolute Gasteiger partial charge is 0.447 e. The van der Waals surface area contributed by atoms with Crippen molar-refractivity contribution in [1.82, 2.24) is 25.1 Å². The van der Waals surface area contributed by atoms with Gasteiger partial charge in [-0.05, 0) is 24.3 Å². The van der Waals surface area contributed by atoms with Crippen LogP contribution in [0.2, 0.25) is 0 Å². The van der Waals surface area contributed by atoms with Crippen LogP contribution in [0, 0.1) is 0 Å². The third-order valence-corrected chi connectivity index (χ3v) is 3.93. The van der Waals surface area contributed by atoms with E-state index in [4.69, 9.17) is 4.42 Å². The molecule has 26 heavy (non-hydrogen) atoms. The third kappa shape index (κ3) is 3.12. The van der Waals surface area contributed by atoms with Crippen LogP contribution in [0.5, 0.6) is 0 Å². The molecule has 4 rings (SSSR count). The van der Waals surface area contributed by atoms with Crippen molar-refractivity contribution < 1.29 is 9.21 Å². The number of aryl methyl sites for hydroxylation is 1. The fourth-order valence-corrected chi connectivity index (χ4v) is 2.67. The van der Waals surface area contributed by atoms with Gasteiger partial charge in [0.25, 0.3) is 0 Å². The minimum atomic E-state index is -0.320. The highest BCUT2D eigenvalue weighted by atomic mass is 16.3. The molecule has 0 fully saturated rings. The van der Waals surface area contributed by atoms with E-state index in [0.29, 0.717) is 11.4 Å². The number of hydrogen-bond donors (Lipinski definition) is 2. The average molecular weight is 348 g/mol. The van der Waals surface area contributed by atoms with E-state index in [1.165, 1.54) is 6.39 Å². The van der Waals surface area contributed by atoms with Crippen LogP contribution in [0.15, 0.2) is 59.6 Å². The smallest absolute Gasteiger partial charge is 0.319 e. The number of nitrogens with zero attached hydrogens (tertiary/aromatic N) is 4. The predicted molar refractivity (Wildman–Crippen MR) is 96.3 cm³/mol. The number of oxazole rings is 1. The van der Waals surface area contributed by atoms with Crippen LogP contribution < -0.4 is 10.6 Å². The first-order valence-electron chi connectivity index (χ1n) is 8.01. The number of amides is 2. The number of anilines is 1. The summed E-state index contributed by atoms with van der Waals surface area (Å²) in [6.07, 6.45) is 4.63. The van der Waals surface area contributed by atoms with Crippen molar-refractivity contribution in [3.63, 3.8) is 0 Å². The van der Waals surface area contributed by atoms with Crippen molar-refractivity contribution >= 4 is 22.8 Å². The Morgan fingerprint density at radius 2 is 2.08 bits per heavy atom. The first-order chi connectivity index (χ1) is 12.7. The van der Waals surface area contributed by atoms with Gasteiger partial charge in [-0.3, -0.25) is 9.67 Å². The zero-order valence-corrected chi connectivity index (χ0v) is 14.0. The molecule has 3 aromatic heterocycles. The molecule has 3 heterocycles. The lowest BCUT2D eigenvalue weighted by Gasteiger charge is -2.07. The summed E-state index contributed by atoms with van der Waals surface area (Å²) in [7, 11) is 1.89. The van der Waals surface area contributed by atoms with Gasteiger partial charge in [-0.2, -0.15) is 5.10 Å². The van der Waals surface area contributed by atoms with Crippen molar-refractivity contribution in [2.24, 2.45) is 7.05 Å². The Morgan fingerprint density at radius 1 is 1.23 bits per heavy atom. The lowest BCUT2D eigenvalue weighted by Crippen LogP contribution is -2.27. The fourth-order valence-electron chi connectivity index (χ4n) is 2.67. The van der Waals surface area contributed by atoms with Crippen molar-refractivity contribution in [2.45, 2.75) is 6.54 Å². The van der Waals surface area contributed by atoms with E-state index >= 15 is 0 Å². The van der Waals surface area contributed by atoms with Crippen molar-refractivity contribution in [3.8, 4) is 11.3 Å². The minimum Gasteiger partial charge on any atom is -0.447 e. The first kappa shape index (κ1) is 15.8. The Kier molecular flexibility index (Phi) is 4.06. The summed E-state index contributed by atoms with van der Waals surface area (Å²) in [6.45, 7) is 0.273. The Morgan fingerprint density at radius 3 is 2.85 bits per heavy atom. The SMILES string of the molecule is Cn1nc(-c2ccc(NC(=O)NCc3cnco3)cc2)c2ncccc21. The molecule has 0 saturated heterocycles. The average Bonchev–Trinajstić information content (AvgIpc) is 3.29. The fraction of sp³-hybridized carbons (Fsp3) is 0.111. The monoisotopic (exact) mass is 348 g/mol. The molecule has 8 heteroatoms. The van der Waals surface area contributed by atoms with Gasteiger partial charge in [-0.15, -0.1) is 0 Å². The van der Waals surface area contributed by atoms with E-state index in [1.807, 2.05) is 43.4 Å². The zero-order chi connectivity index (χ0) is 17.9. The molecule has 0 bridgehead atoms. The molecule has 130 valence electrons. The second kappa shape index (κ2) is 6.67. The van der Waals surface area contributed by atoms with Crippen LogP contribution in [0.3, 0.4) is 0 Å². The van der Waals surface area contributed by atoms with Gasteiger partial charge in [0.1, 0.15) is 17.0 Å². The summed E-state index contributed by atoms with van der Waals surface area (Å²) in [5.74, 6) is 0.588. The Hall–Kier alpha value is -3.68. The van der Waals surface area contributed by atoms with Gasteiger partial charge in [-0.1, -0.05) is 12.1 Å². The van der Waals surface area contributed by atoms with E-state index in [2.05, 4.69) is 25.7 Å². The highest BCUT2D eigenvalue weighted by Gasteiger charge is 2.11. The van der Waals surface area contributed by atoms with Gasteiger partial charge in [0.2, 0.25) is 0 Å². The number of nitrogens with one attached hydrogen (secondary N) is 2. The molecule has 1 aromatic carbocycles. The molecule has 0 aliphatic heterocycles. The standard InChI is InChI=1S/C18H16N6O2/c1-24-15-3-2-8-20-17(15)16(23-24)12-4-6-13(7-5-12)22-18(25)21-10-14-9-19-11-26-14/h2-9,11H,10H2,1H3,(H2,21,22,25). The minimum absolute atomic E-state index is 0.273. The molecule has 0 radical (unpaired) electrons. The Balaban J connectivity index is 1.47. The Bertz CT molecular complexity index is 1040. The molecular formula is C18H16N6O2. The van der Waals surface area contributed by atoms with Crippen molar-refractivity contribution in [1.29, 1.82) is 0 Å². The van der Waals surface area contributed by atoms with Gasteiger partial charge in [0.05, 0.1) is 18.3 Å². The molecule has 0 atom stereocenters. The van der Waals surface area contributed by atoms with Crippen LogP contribution in [-0.2, 0) is 13.6 Å². The summed E-state index contributed by atoms with van der Waals surface area (Å²) in [5.41, 5.74) is 4.24. The quantitative estimate of drug-likeness (QED) is 0.591. The van der Waals surface area contributed by atoms with Gasteiger partial charge in [0, 0.05) is 24.5 Å². The number of fused-ring (bicyclic) bond motifs is 1. The maximum Gasteiger partial charge on any atom is 0.319 e. The molecule has 0 spiro atoms. The van der Waals surface area contributed by atoms with Gasteiger partial charge < -0.3 is 15.1 Å². The third-order valence-electron chi connectivity index (χ3n) is 3.93. The summed E-state index contributed by atoms with van der Waals surface area (Å²) in [6, 6.07) is 11.0. The lowest BCUT2D eigenvalue weighted by molar-refractivity contribution is 0.251. The summed E-state index contributed by atoms with van der Waals surface area (Å²) in [5, 5.41) is 10.0. The van der Waals surface area contributed by atoms with Crippen LogP contribution in [0.25, 0.3) is 22.3 Å². The number of pyridine rings is 1. The molecule has 0 aliphatic carbocycles. The lowest BCUT2D eigenvalue weighted by atomic mass is 10.1. The molecule has 2 N–H and O–H groups in total. The number of hydrogen-bond acceptors (Lipinski definition) is 5. The highest BCUT2D eigenvalue weighted by molar-refractivity contribution is 5.92. The van der Waals surface area contributed by atoms with Crippen LogP contribution in [-0.4, -0.2) is 25.8 Å². The summed E-state index contributed by atoms with van der Waals surface area (Å²) >= 11 is 0. The van der Waals surface area contributed by atoms with E-state index < -0.39 is 0 Å². The number of carbonyl (C=O) groups excluding carboxylic acids is 1. The number of carbonyl (C=O) groups is 1. The molecule has 0 unspecified atom stereocenters. The Labute approximate surface area is 148 Å². The highest BCUT2D eigenvalue weighted by Crippen LogP contribution is 2.26. The number of urea groups is 1. The predicted octanol–water partition coefficient (Wildman–Crippen LogP) is 2.95. The van der Waals surface area contributed by atoms with Gasteiger partial charge in [0.15, 0.2) is 6.39 Å². The second-order valence-corrected chi connectivity index (χ2v) is 5.70. The molecule has 0 saturated carbocycles. The van der Waals surface area contributed by atoms with E-state index in [9.17, 15) is 4.79 Å². The van der Waals surface area contributed by atoms with Crippen LogP contribution >= 0.6 is 0 Å². The maximum absolute atomic E-state index is 11.9. The van der Waals surface area contributed by atoms with E-state index in [0.717, 1.165) is 22.3 Å². The van der Waals surface area contributed by atoms with Gasteiger partial charge >= 0.3 is 6.03 Å². The van der Waals surface area contributed by atoms with Crippen LogP contribution in [0.4, 0.5) is 10.5 Å². The van der Waals surface area contributed by atoms with Crippen LogP contribution in [0.1, 0.15) is 5.76 Å². The molecule has 0 aliphatic rings. The molecular weight excluding hydrogens is 332 g/mol. The number of rotatable bonds is 4. The molecule has 2 amide bonds.